The van der Waals surface area contributed by atoms with Crippen molar-refractivity contribution in [3.8, 4) is 0 Å². The molecule has 0 saturated heterocycles. The molecule has 0 amide bonds. The summed E-state index contributed by atoms with van der Waals surface area (Å²) in [6.07, 6.45) is 2.82. The zero-order chi connectivity index (χ0) is 6.85. The van der Waals surface area contributed by atoms with E-state index < -0.39 is 0 Å². The number of hydrogen-bond donors (Lipinski definition) is 2. The first-order valence-corrected chi connectivity index (χ1v) is 3.64. The van der Waals surface area contributed by atoms with Gasteiger partial charge in [-0.2, -0.15) is 0 Å². The maximum Gasteiger partial charge on any atom is 0.0580 e. The van der Waals surface area contributed by atoms with Crippen LogP contribution < -0.4 is 5.73 Å². The molecule has 0 unspecified atom stereocenters. The van der Waals surface area contributed by atoms with Crippen molar-refractivity contribution in [1.82, 2.24) is 0 Å². The Hall–Kier alpha value is -0.0800. The van der Waals surface area contributed by atoms with Crippen molar-refractivity contribution >= 4 is 0 Å². The van der Waals surface area contributed by atoms with Gasteiger partial charge in [-0.3, -0.25) is 0 Å². The molecule has 1 aliphatic carbocycles. The average molecular weight is 129 g/mol. The van der Waals surface area contributed by atoms with Gasteiger partial charge >= 0.3 is 0 Å². The molecule has 0 aromatic heterocycles. The third-order valence-electron chi connectivity index (χ3n) is 2.19. The topological polar surface area (TPSA) is 46.2 Å². The van der Waals surface area contributed by atoms with Crippen LogP contribution in [0.25, 0.3) is 0 Å². The van der Waals surface area contributed by atoms with E-state index in [4.69, 9.17) is 5.73 Å². The van der Waals surface area contributed by atoms with Crippen LogP contribution in [0, 0.1) is 5.92 Å². The fraction of sp³-hybridized carbons (Fsp3) is 1.00. The lowest BCUT2D eigenvalue weighted by molar-refractivity contribution is 0.0708. The molecule has 3 N–H and O–H groups in total. The summed E-state index contributed by atoms with van der Waals surface area (Å²) in [5, 5.41) is 9.27. The Morgan fingerprint density at radius 1 is 1.44 bits per heavy atom. The van der Waals surface area contributed by atoms with Crippen LogP contribution in [-0.4, -0.2) is 17.3 Å². The van der Waals surface area contributed by atoms with Gasteiger partial charge in [-0.25, -0.2) is 0 Å². The van der Waals surface area contributed by atoms with Gasteiger partial charge in [-0.15, -0.1) is 0 Å². The number of hydrogen-bond acceptors (Lipinski definition) is 2. The number of aliphatic hydroxyl groups excluding tert-OH is 1. The van der Waals surface area contributed by atoms with Gasteiger partial charge < -0.3 is 10.8 Å². The Bertz CT molecular complexity index is 94.9. The minimum atomic E-state index is -0.145. The Balaban J connectivity index is 2.35. The van der Waals surface area contributed by atoms with E-state index in [2.05, 4.69) is 6.92 Å². The first-order chi connectivity index (χ1) is 4.20. The highest BCUT2D eigenvalue weighted by Crippen LogP contribution is 2.22. The summed E-state index contributed by atoms with van der Waals surface area (Å²) < 4.78 is 0. The Kier molecular flexibility index (Phi) is 2.09. The van der Waals surface area contributed by atoms with Crippen molar-refractivity contribution in [2.45, 2.75) is 38.3 Å². The second-order valence-electron chi connectivity index (χ2n) is 3.12. The van der Waals surface area contributed by atoms with Crippen LogP contribution in [0.15, 0.2) is 0 Å². The van der Waals surface area contributed by atoms with Crippen molar-refractivity contribution < 1.29 is 5.11 Å². The van der Waals surface area contributed by atoms with Gasteiger partial charge in [0.25, 0.3) is 0 Å². The molecule has 1 fully saturated rings. The third-order valence-corrected chi connectivity index (χ3v) is 2.19. The van der Waals surface area contributed by atoms with Gasteiger partial charge in [0.15, 0.2) is 0 Å². The zero-order valence-corrected chi connectivity index (χ0v) is 5.88. The summed E-state index contributed by atoms with van der Waals surface area (Å²) in [7, 11) is 0. The maximum atomic E-state index is 9.27. The SMILES string of the molecule is C[C@H]1CC[C@@H](N)C[C@H]1O. The summed E-state index contributed by atoms with van der Waals surface area (Å²) in [5.41, 5.74) is 5.63. The van der Waals surface area contributed by atoms with E-state index in [9.17, 15) is 5.11 Å². The summed E-state index contributed by atoms with van der Waals surface area (Å²) in [5.74, 6) is 0.463. The Morgan fingerprint density at radius 3 is 2.56 bits per heavy atom. The molecular formula is C7H15NO. The second kappa shape index (κ2) is 2.67. The molecule has 0 aromatic rings. The highest BCUT2D eigenvalue weighted by atomic mass is 16.3. The van der Waals surface area contributed by atoms with Crippen molar-refractivity contribution in [3.05, 3.63) is 0 Å². The minimum Gasteiger partial charge on any atom is -0.393 e. The lowest BCUT2D eigenvalue weighted by Gasteiger charge is -2.28. The van der Waals surface area contributed by atoms with Gasteiger partial charge in [0.1, 0.15) is 0 Å². The lowest BCUT2D eigenvalue weighted by Crippen LogP contribution is -2.35. The normalized spacial score (nSPS) is 45.0. The summed E-state index contributed by atoms with van der Waals surface area (Å²) in [4.78, 5) is 0. The van der Waals surface area contributed by atoms with Crippen LogP contribution >= 0.6 is 0 Å². The van der Waals surface area contributed by atoms with Crippen LogP contribution in [0.2, 0.25) is 0 Å². The highest BCUT2D eigenvalue weighted by Gasteiger charge is 2.22. The van der Waals surface area contributed by atoms with E-state index >= 15 is 0 Å². The fourth-order valence-electron chi connectivity index (χ4n) is 1.33. The molecule has 0 heterocycles. The zero-order valence-electron chi connectivity index (χ0n) is 5.88. The molecule has 1 aliphatic rings. The van der Waals surface area contributed by atoms with E-state index in [0.717, 1.165) is 19.3 Å². The summed E-state index contributed by atoms with van der Waals surface area (Å²) >= 11 is 0. The van der Waals surface area contributed by atoms with Crippen LogP contribution in [0.1, 0.15) is 26.2 Å². The van der Waals surface area contributed by atoms with Crippen LogP contribution in [0.4, 0.5) is 0 Å². The number of nitrogens with two attached hydrogens (primary N) is 1. The van der Waals surface area contributed by atoms with Gasteiger partial charge in [0.05, 0.1) is 6.10 Å². The summed E-state index contributed by atoms with van der Waals surface area (Å²) in [6.45, 7) is 2.08. The van der Waals surface area contributed by atoms with Gasteiger partial charge in [-0.05, 0) is 25.2 Å². The van der Waals surface area contributed by atoms with Crippen molar-refractivity contribution in [2.75, 3.05) is 0 Å². The van der Waals surface area contributed by atoms with Crippen LogP contribution in [0.5, 0.6) is 0 Å². The summed E-state index contributed by atoms with van der Waals surface area (Å²) in [6, 6.07) is 0.246. The molecule has 1 saturated carbocycles. The van der Waals surface area contributed by atoms with Crippen molar-refractivity contribution in [1.29, 1.82) is 0 Å². The monoisotopic (exact) mass is 129 g/mol. The highest BCUT2D eigenvalue weighted by molar-refractivity contribution is 4.78. The molecule has 0 spiro atoms. The molecule has 0 radical (unpaired) electrons. The van der Waals surface area contributed by atoms with E-state index in [1.54, 1.807) is 0 Å². The average Bonchev–Trinajstić information content (AvgIpc) is 1.80. The quantitative estimate of drug-likeness (QED) is 0.500. The molecule has 0 aromatic carbocycles. The molecule has 2 nitrogen and oxygen atoms in total. The number of rotatable bonds is 0. The fourth-order valence-corrected chi connectivity index (χ4v) is 1.33. The molecule has 9 heavy (non-hydrogen) atoms. The molecule has 0 bridgehead atoms. The lowest BCUT2D eigenvalue weighted by atomic mass is 9.85. The Morgan fingerprint density at radius 2 is 2.11 bits per heavy atom. The second-order valence-corrected chi connectivity index (χ2v) is 3.12. The minimum absolute atomic E-state index is 0.145. The van der Waals surface area contributed by atoms with Crippen LogP contribution in [0.3, 0.4) is 0 Å². The van der Waals surface area contributed by atoms with Gasteiger partial charge in [-0.1, -0.05) is 6.92 Å². The van der Waals surface area contributed by atoms with E-state index in [1.807, 2.05) is 0 Å². The smallest absolute Gasteiger partial charge is 0.0580 e. The molecule has 3 atom stereocenters. The molecule has 0 aliphatic heterocycles. The first-order valence-electron chi connectivity index (χ1n) is 3.64. The largest absolute Gasteiger partial charge is 0.393 e. The molecule has 2 heteroatoms. The van der Waals surface area contributed by atoms with E-state index in [0.29, 0.717) is 5.92 Å². The predicted molar refractivity (Wildman–Crippen MR) is 37.0 cm³/mol. The third kappa shape index (κ3) is 1.66. The molecule has 54 valence electrons. The standard InChI is InChI=1S/C7H15NO/c1-5-2-3-6(8)4-7(5)9/h5-7,9H,2-4,8H2,1H3/t5-,6+,7+/m0/s1. The molecule has 1 rings (SSSR count). The Labute approximate surface area is 56.1 Å². The van der Waals surface area contributed by atoms with Gasteiger partial charge in [0, 0.05) is 6.04 Å². The van der Waals surface area contributed by atoms with E-state index in [-0.39, 0.29) is 12.1 Å². The van der Waals surface area contributed by atoms with Crippen LogP contribution in [-0.2, 0) is 0 Å². The van der Waals surface area contributed by atoms with Crippen molar-refractivity contribution in [3.63, 3.8) is 0 Å². The van der Waals surface area contributed by atoms with Gasteiger partial charge in [0.2, 0.25) is 0 Å². The maximum absolute atomic E-state index is 9.27. The van der Waals surface area contributed by atoms with E-state index in [1.165, 1.54) is 0 Å². The van der Waals surface area contributed by atoms with Crippen molar-refractivity contribution in [2.24, 2.45) is 11.7 Å². The predicted octanol–water partition coefficient (Wildman–Crippen LogP) is 0.495. The first kappa shape index (κ1) is 7.03. The molecular weight excluding hydrogens is 114 g/mol. The number of aliphatic hydroxyl groups is 1.